The second kappa shape index (κ2) is 6.20. The van der Waals surface area contributed by atoms with Gasteiger partial charge in [0.25, 0.3) is 5.22 Å². The fourth-order valence-corrected chi connectivity index (χ4v) is 2.94. The molecule has 0 unspecified atom stereocenters. The van der Waals surface area contributed by atoms with E-state index >= 15 is 0 Å². The van der Waals surface area contributed by atoms with Gasteiger partial charge in [-0.3, -0.25) is 0 Å². The van der Waals surface area contributed by atoms with Crippen molar-refractivity contribution in [2.45, 2.75) is 17.5 Å². The van der Waals surface area contributed by atoms with Gasteiger partial charge < -0.3 is 14.9 Å². The fourth-order valence-electron chi connectivity index (χ4n) is 2.12. The third kappa shape index (κ3) is 3.04. The van der Waals surface area contributed by atoms with E-state index in [2.05, 4.69) is 11.1 Å². The fraction of sp³-hybridized carbons (Fsp3) is 0.188. The van der Waals surface area contributed by atoms with Gasteiger partial charge in [-0.05, 0) is 29.8 Å². The molecule has 0 radical (unpaired) electrons. The van der Waals surface area contributed by atoms with Gasteiger partial charge >= 0.3 is 0 Å². The molecular weight excluding hydrogens is 284 g/mol. The van der Waals surface area contributed by atoms with Crippen LogP contribution in [-0.2, 0) is 12.3 Å². The molecule has 2 aromatic carbocycles. The van der Waals surface area contributed by atoms with Gasteiger partial charge in [0.05, 0.1) is 7.11 Å². The molecule has 5 heteroatoms. The molecule has 0 spiro atoms. The Labute approximate surface area is 127 Å². The first-order chi connectivity index (χ1) is 10.3. The predicted octanol–water partition coefficient (Wildman–Crippen LogP) is 3.59. The summed E-state index contributed by atoms with van der Waals surface area (Å²) in [5.74, 6) is 1.58. The normalized spacial score (nSPS) is 11.0. The van der Waals surface area contributed by atoms with Gasteiger partial charge in [0.15, 0.2) is 5.58 Å². The Morgan fingerprint density at radius 1 is 1.24 bits per heavy atom. The number of nitrogens with two attached hydrogens (primary N) is 1. The number of oxazole rings is 1. The van der Waals surface area contributed by atoms with Crippen molar-refractivity contribution < 1.29 is 9.15 Å². The molecule has 0 aliphatic carbocycles. The van der Waals surface area contributed by atoms with E-state index in [-0.39, 0.29) is 0 Å². The topological polar surface area (TPSA) is 61.3 Å². The highest BCUT2D eigenvalue weighted by Gasteiger charge is 2.09. The van der Waals surface area contributed by atoms with Gasteiger partial charge in [0, 0.05) is 17.9 Å². The van der Waals surface area contributed by atoms with E-state index in [4.69, 9.17) is 14.9 Å². The van der Waals surface area contributed by atoms with Crippen LogP contribution in [0.25, 0.3) is 11.1 Å². The van der Waals surface area contributed by atoms with Gasteiger partial charge in [-0.2, -0.15) is 0 Å². The number of methoxy groups -OCH3 is 1. The molecule has 108 valence electrons. The molecule has 4 nitrogen and oxygen atoms in total. The van der Waals surface area contributed by atoms with Crippen molar-refractivity contribution in [1.82, 2.24) is 4.98 Å². The molecule has 0 saturated heterocycles. The Hall–Kier alpha value is -1.98. The SMILES string of the molecule is COc1ccc(CN)cc1CSc1nc2ccccc2o1. The van der Waals surface area contributed by atoms with Crippen LogP contribution < -0.4 is 10.5 Å². The van der Waals surface area contributed by atoms with Crippen LogP contribution in [0.1, 0.15) is 11.1 Å². The first-order valence-electron chi connectivity index (χ1n) is 6.64. The van der Waals surface area contributed by atoms with E-state index in [1.165, 1.54) is 0 Å². The summed E-state index contributed by atoms with van der Waals surface area (Å²) < 4.78 is 11.1. The summed E-state index contributed by atoms with van der Waals surface area (Å²) in [6.45, 7) is 0.518. The number of hydrogen-bond acceptors (Lipinski definition) is 5. The summed E-state index contributed by atoms with van der Waals surface area (Å²) in [7, 11) is 1.67. The molecule has 0 aliphatic rings. The summed E-state index contributed by atoms with van der Waals surface area (Å²) in [5.41, 5.74) is 9.55. The first-order valence-corrected chi connectivity index (χ1v) is 7.63. The van der Waals surface area contributed by atoms with Gasteiger partial charge in [-0.15, -0.1) is 0 Å². The summed E-state index contributed by atoms with van der Waals surface area (Å²) in [5, 5.41) is 0.663. The molecule has 0 saturated carbocycles. The zero-order valence-corrected chi connectivity index (χ0v) is 12.5. The molecule has 0 fully saturated rings. The van der Waals surface area contributed by atoms with Gasteiger partial charge in [0.1, 0.15) is 11.3 Å². The van der Waals surface area contributed by atoms with Gasteiger partial charge in [-0.1, -0.05) is 30.0 Å². The van der Waals surface area contributed by atoms with Crippen LogP contribution in [0.4, 0.5) is 0 Å². The summed E-state index contributed by atoms with van der Waals surface area (Å²) in [4.78, 5) is 4.46. The molecule has 2 N–H and O–H groups in total. The minimum atomic E-state index is 0.518. The molecule has 1 heterocycles. The lowest BCUT2D eigenvalue weighted by atomic mass is 10.1. The number of para-hydroxylation sites is 2. The molecule has 3 rings (SSSR count). The number of ether oxygens (including phenoxy) is 1. The number of fused-ring (bicyclic) bond motifs is 1. The average Bonchev–Trinajstić information content (AvgIpc) is 2.95. The van der Waals surface area contributed by atoms with Crippen LogP contribution in [0, 0.1) is 0 Å². The third-order valence-electron chi connectivity index (χ3n) is 3.21. The average molecular weight is 300 g/mol. The number of rotatable bonds is 5. The summed E-state index contributed by atoms with van der Waals surface area (Å²) >= 11 is 1.55. The van der Waals surface area contributed by atoms with E-state index in [9.17, 15) is 0 Å². The highest BCUT2D eigenvalue weighted by atomic mass is 32.2. The zero-order chi connectivity index (χ0) is 14.7. The van der Waals surface area contributed by atoms with E-state index in [0.717, 1.165) is 33.7 Å². The number of hydrogen-bond donors (Lipinski definition) is 1. The number of aromatic nitrogens is 1. The van der Waals surface area contributed by atoms with Crippen molar-refractivity contribution in [3.05, 3.63) is 53.6 Å². The summed E-state index contributed by atoms with van der Waals surface area (Å²) in [6.07, 6.45) is 0. The van der Waals surface area contributed by atoms with Gasteiger partial charge in [-0.25, -0.2) is 4.98 Å². The Balaban J connectivity index is 1.80. The molecule has 0 amide bonds. The Bertz CT molecular complexity index is 722. The van der Waals surface area contributed by atoms with Gasteiger partial charge in [0.2, 0.25) is 0 Å². The monoisotopic (exact) mass is 300 g/mol. The highest BCUT2D eigenvalue weighted by molar-refractivity contribution is 7.98. The molecule has 21 heavy (non-hydrogen) atoms. The van der Waals surface area contributed by atoms with Crippen molar-refractivity contribution in [3.8, 4) is 5.75 Å². The van der Waals surface area contributed by atoms with Crippen molar-refractivity contribution in [2.24, 2.45) is 5.73 Å². The first kappa shape index (κ1) is 14.0. The van der Waals surface area contributed by atoms with Crippen LogP contribution in [0.5, 0.6) is 5.75 Å². The van der Waals surface area contributed by atoms with Crippen LogP contribution in [0.15, 0.2) is 52.1 Å². The van der Waals surface area contributed by atoms with Crippen molar-refractivity contribution in [3.63, 3.8) is 0 Å². The largest absolute Gasteiger partial charge is 0.496 e. The van der Waals surface area contributed by atoms with Crippen LogP contribution in [0.2, 0.25) is 0 Å². The molecule has 1 aromatic heterocycles. The van der Waals surface area contributed by atoms with E-state index in [1.807, 2.05) is 36.4 Å². The minimum Gasteiger partial charge on any atom is -0.496 e. The van der Waals surface area contributed by atoms with Crippen molar-refractivity contribution in [1.29, 1.82) is 0 Å². The minimum absolute atomic E-state index is 0.518. The van der Waals surface area contributed by atoms with Crippen molar-refractivity contribution in [2.75, 3.05) is 7.11 Å². The van der Waals surface area contributed by atoms with E-state index in [0.29, 0.717) is 11.8 Å². The number of nitrogens with zero attached hydrogens (tertiary/aromatic N) is 1. The lowest BCUT2D eigenvalue weighted by molar-refractivity contribution is 0.411. The number of benzene rings is 2. The standard InChI is InChI=1S/C16H16N2O2S/c1-19-14-7-6-11(9-17)8-12(14)10-21-16-18-13-4-2-3-5-15(13)20-16/h2-8H,9-10,17H2,1H3. The lowest BCUT2D eigenvalue weighted by Gasteiger charge is -2.08. The Morgan fingerprint density at radius 2 is 2.10 bits per heavy atom. The molecule has 0 atom stereocenters. The van der Waals surface area contributed by atoms with E-state index < -0.39 is 0 Å². The lowest BCUT2D eigenvalue weighted by Crippen LogP contribution is -1.98. The maximum Gasteiger partial charge on any atom is 0.257 e. The number of thioether (sulfide) groups is 1. The zero-order valence-electron chi connectivity index (χ0n) is 11.7. The smallest absolute Gasteiger partial charge is 0.257 e. The maximum atomic E-state index is 5.71. The molecule has 0 bridgehead atoms. The summed E-state index contributed by atoms with van der Waals surface area (Å²) in [6, 6.07) is 13.7. The molecular formula is C16H16N2O2S. The maximum absolute atomic E-state index is 5.71. The second-order valence-electron chi connectivity index (χ2n) is 4.59. The second-order valence-corrected chi connectivity index (χ2v) is 5.51. The Kier molecular flexibility index (Phi) is 4.13. The Morgan fingerprint density at radius 3 is 2.86 bits per heavy atom. The van der Waals surface area contributed by atoms with Crippen LogP contribution >= 0.6 is 11.8 Å². The molecule has 0 aliphatic heterocycles. The van der Waals surface area contributed by atoms with E-state index in [1.54, 1.807) is 18.9 Å². The molecule has 3 aromatic rings. The van der Waals surface area contributed by atoms with Crippen LogP contribution in [-0.4, -0.2) is 12.1 Å². The van der Waals surface area contributed by atoms with Crippen LogP contribution in [0.3, 0.4) is 0 Å². The third-order valence-corrected chi connectivity index (χ3v) is 4.08. The van der Waals surface area contributed by atoms with Crippen molar-refractivity contribution >= 4 is 22.9 Å². The quantitative estimate of drug-likeness (QED) is 0.730. The predicted molar refractivity (Wildman–Crippen MR) is 84.5 cm³/mol. The highest BCUT2D eigenvalue weighted by Crippen LogP contribution is 2.30.